The molecule has 0 fully saturated rings. The maximum Gasteiger partial charge on any atom is 0.154 e. The molecule has 1 aromatic carbocycles. The van der Waals surface area contributed by atoms with Gasteiger partial charge in [-0.3, -0.25) is 4.79 Å². The van der Waals surface area contributed by atoms with Gasteiger partial charge >= 0.3 is 0 Å². The second-order valence-electron chi connectivity index (χ2n) is 4.74. The number of pyridine rings is 1. The molecule has 2 aromatic rings. The van der Waals surface area contributed by atoms with Crippen molar-refractivity contribution in [1.82, 2.24) is 4.98 Å². The third kappa shape index (κ3) is 2.73. The van der Waals surface area contributed by atoms with Gasteiger partial charge in [-0.05, 0) is 32.0 Å². The van der Waals surface area contributed by atoms with Crippen LogP contribution in [-0.2, 0) is 6.61 Å². The van der Waals surface area contributed by atoms with Gasteiger partial charge in [0.25, 0.3) is 0 Å². The van der Waals surface area contributed by atoms with Crippen molar-refractivity contribution in [2.45, 2.75) is 20.5 Å². The van der Waals surface area contributed by atoms with Gasteiger partial charge in [-0.15, -0.1) is 0 Å². The molecule has 0 saturated carbocycles. The van der Waals surface area contributed by atoms with E-state index in [1.54, 1.807) is 25.1 Å². The Morgan fingerprint density at radius 1 is 1.41 bits per heavy atom. The van der Waals surface area contributed by atoms with Crippen LogP contribution < -0.4 is 10.5 Å². The summed E-state index contributed by atoms with van der Waals surface area (Å²) in [5.41, 5.74) is 7.88. The van der Waals surface area contributed by atoms with Gasteiger partial charge in [0.15, 0.2) is 6.29 Å². The van der Waals surface area contributed by atoms with Crippen LogP contribution >= 0.6 is 0 Å². The van der Waals surface area contributed by atoms with Crippen LogP contribution in [0.5, 0.6) is 11.5 Å². The zero-order valence-corrected chi connectivity index (χ0v) is 12.5. The van der Waals surface area contributed by atoms with Gasteiger partial charge in [0.1, 0.15) is 11.5 Å². The molecule has 6 heteroatoms. The molecule has 1 aromatic heterocycles. The van der Waals surface area contributed by atoms with Crippen LogP contribution in [0.3, 0.4) is 0 Å². The average Bonchev–Trinajstić information content (AvgIpc) is 2.51. The lowest BCUT2D eigenvalue weighted by Crippen LogP contribution is -2.04. The summed E-state index contributed by atoms with van der Waals surface area (Å²) in [6.07, 6.45) is 0.502. The van der Waals surface area contributed by atoms with Crippen molar-refractivity contribution in [3.63, 3.8) is 0 Å². The minimum absolute atomic E-state index is 0.0196. The van der Waals surface area contributed by atoms with Crippen molar-refractivity contribution >= 4 is 12.0 Å². The van der Waals surface area contributed by atoms with Crippen molar-refractivity contribution in [3.05, 3.63) is 35.0 Å². The van der Waals surface area contributed by atoms with E-state index in [1.165, 1.54) is 0 Å². The van der Waals surface area contributed by atoms with Crippen LogP contribution in [0.15, 0.2) is 18.2 Å². The fraction of sp³-hybridized carbons (Fsp3) is 0.250. The molecule has 0 aliphatic carbocycles. The summed E-state index contributed by atoms with van der Waals surface area (Å²) in [4.78, 5) is 15.5. The minimum Gasteiger partial charge on any atom is -0.505 e. The quantitative estimate of drug-likeness (QED) is 0.576. The van der Waals surface area contributed by atoms with Gasteiger partial charge < -0.3 is 20.7 Å². The van der Waals surface area contributed by atoms with E-state index in [9.17, 15) is 15.0 Å². The minimum atomic E-state index is -0.442. The van der Waals surface area contributed by atoms with Gasteiger partial charge in [0.2, 0.25) is 0 Å². The Morgan fingerprint density at radius 3 is 2.73 bits per heavy atom. The maximum atomic E-state index is 11.2. The number of nitrogen functional groups attached to an aromatic ring is 1. The zero-order chi connectivity index (χ0) is 16.3. The Labute approximate surface area is 128 Å². The van der Waals surface area contributed by atoms with Gasteiger partial charge in [0, 0.05) is 16.8 Å². The molecule has 116 valence electrons. The Balaban J connectivity index is 2.74. The number of nitrogens with two attached hydrogens (primary N) is 1. The van der Waals surface area contributed by atoms with Crippen molar-refractivity contribution in [2.24, 2.45) is 0 Å². The van der Waals surface area contributed by atoms with Crippen molar-refractivity contribution in [2.75, 3.05) is 12.3 Å². The third-order valence-electron chi connectivity index (χ3n) is 3.36. The van der Waals surface area contributed by atoms with E-state index in [4.69, 9.17) is 10.5 Å². The number of benzene rings is 1. The number of aromatic hydroxyl groups is 1. The summed E-state index contributed by atoms with van der Waals surface area (Å²) in [7, 11) is 0. The van der Waals surface area contributed by atoms with Gasteiger partial charge in [-0.2, -0.15) is 0 Å². The second-order valence-corrected chi connectivity index (χ2v) is 4.74. The summed E-state index contributed by atoms with van der Waals surface area (Å²) in [6.45, 7) is 3.50. The number of aromatic nitrogens is 1. The molecule has 0 aliphatic heterocycles. The molecule has 0 spiro atoms. The molecule has 0 amide bonds. The van der Waals surface area contributed by atoms with E-state index in [2.05, 4.69) is 4.98 Å². The summed E-state index contributed by atoms with van der Waals surface area (Å²) in [6, 6.07) is 5.10. The molecular formula is C16H18N2O4. The number of rotatable bonds is 5. The molecule has 0 radical (unpaired) electrons. The molecule has 0 aliphatic rings. The van der Waals surface area contributed by atoms with Crippen molar-refractivity contribution < 1.29 is 19.7 Å². The molecule has 0 atom stereocenters. The Morgan fingerprint density at radius 2 is 2.14 bits per heavy atom. The highest BCUT2D eigenvalue weighted by Gasteiger charge is 2.19. The Bertz CT molecular complexity index is 714. The fourth-order valence-electron chi connectivity index (χ4n) is 2.26. The molecule has 22 heavy (non-hydrogen) atoms. The number of nitrogens with zero attached hydrogens (tertiary/aromatic N) is 1. The number of hydrogen-bond acceptors (Lipinski definition) is 6. The van der Waals surface area contributed by atoms with Crippen LogP contribution in [0.1, 0.15) is 28.5 Å². The maximum absolute atomic E-state index is 11.2. The average molecular weight is 302 g/mol. The SMILES string of the molecule is CCOc1ccc(N)c(-c2nc(C)c(O)c(C=O)c2CO)c1. The monoisotopic (exact) mass is 302 g/mol. The predicted molar refractivity (Wildman–Crippen MR) is 83.0 cm³/mol. The Hall–Kier alpha value is -2.60. The third-order valence-corrected chi connectivity index (χ3v) is 3.36. The van der Waals surface area contributed by atoms with Crippen molar-refractivity contribution in [3.8, 4) is 22.8 Å². The number of carbonyl (C=O) groups is 1. The molecule has 1 heterocycles. The first-order valence-electron chi connectivity index (χ1n) is 6.84. The molecule has 0 saturated heterocycles. The standard InChI is InChI=1S/C16H18N2O4/c1-3-22-10-4-5-14(17)11(6-10)15-12(7-19)13(8-20)16(21)9(2)18-15/h4-6,8,19,21H,3,7,17H2,1-2H3. The number of aryl methyl sites for hydroxylation is 1. The molecular weight excluding hydrogens is 284 g/mol. The molecule has 6 nitrogen and oxygen atoms in total. The highest BCUT2D eigenvalue weighted by molar-refractivity contribution is 5.88. The van der Waals surface area contributed by atoms with Gasteiger partial charge in [-0.25, -0.2) is 4.98 Å². The summed E-state index contributed by atoms with van der Waals surface area (Å²) in [5.74, 6) is 0.373. The van der Waals surface area contributed by atoms with E-state index in [1.807, 2.05) is 6.92 Å². The molecule has 0 bridgehead atoms. The summed E-state index contributed by atoms with van der Waals surface area (Å²) < 4.78 is 5.44. The second kappa shape index (κ2) is 6.44. The molecule has 0 unspecified atom stereocenters. The van der Waals surface area contributed by atoms with Crippen LogP contribution in [0.4, 0.5) is 5.69 Å². The lowest BCUT2D eigenvalue weighted by Gasteiger charge is -2.15. The number of anilines is 1. The van der Waals surface area contributed by atoms with Gasteiger partial charge in [-0.1, -0.05) is 0 Å². The number of aliphatic hydroxyl groups excluding tert-OH is 1. The number of aliphatic hydroxyl groups is 1. The normalized spacial score (nSPS) is 10.5. The lowest BCUT2D eigenvalue weighted by atomic mass is 9.98. The first kappa shape index (κ1) is 15.8. The highest BCUT2D eigenvalue weighted by Crippen LogP contribution is 2.35. The first-order chi connectivity index (χ1) is 10.5. The van der Waals surface area contributed by atoms with Crippen LogP contribution in [0, 0.1) is 6.92 Å². The Kier molecular flexibility index (Phi) is 4.62. The first-order valence-corrected chi connectivity index (χ1v) is 6.84. The van der Waals surface area contributed by atoms with E-state index in [-0.39, 0.29) is 22.6 Å². The number of hydrogen-bond donors (Lipinski definition) is 3. The smallest absolute Gasteiger partial charge is 0.154 e. The number of aldehydes is 1. The topological polar surface area (TPSA) is 106 Å². The summed E-state index contributed by atoms with van der Waals surface area (Å²) in [5, 5.41) is 19.5. The van der Waals surface area contributed by atoms with Crippen LogP contribution in [-0.4, -0.2) is 28.1 Å². The number of ether oxygens (including phenoxy) is 1. The van der Waals surface area contributed by atoms with Crippen LogP contribution in [0.25, 0.3) is 11.3 Å². The van der Waals surface area contributed by atoms with E-state index >= 15 is 0 Å². The van der Waals surface area contributed by atoms with Gasteiger partial charge in [0.05, 0.1) is 30.2 Å². The number of carbonyl (C=O) groups excluding carboxylic acids is 1. The van der Waals surface area contributed by atoms with Crippen LogP contribution in [0.2, 0.25) is 0 Å². The largest absolute Gasteiger partial charge is 0.505 e. The predicted octanol–water partition coefficient (Wildman–Crippen LogP) is 2.05. The lowest BCUT2D eigenvalue weighted by molar-refractivity contribution is 0.111. The summed E-state index contributed by atoms with van der Waals surface area (Å²) >= 11 is 0. The van der Waals surface area contributed by atoms with E-state index in [0.29, 0.717) is 35.6 Å². The molecule has 4 N–H and O–H groups in total. The fourth-order valence-corrected chi connectivity index (χ4v) is 2.26. The van der Waals surface area contributed by atoms with E-state index < -0.39 is 6.61 Å². The van der Waals surface area contributed by atoms with Crippen molar-refractivity contribution in [1.29, 1.82) is 0 Å². The highest BCUT2D eigenvalue weighted by atomic mass is 16.5. The zero-order valence-electron chi connectivity index (χ0n) is 12.5. The molecule has 2 rings (SSSR count). The van der Waals surface area contributed by atoms with E-state index in [0.717, 1.165) is 0 Å².